The molecule has 3 rings (SSSR count). The van der Waals surface area contributed by atoms with E-state index in [1.54, 1.807) is 39.2 Å². The van der Waals surface area contributed by atoms with Crippen molar-refractivity contribution in [1.82, 2.24) is 4.90 Å². The van der Waals surface area contributed by atoms with Gasteiger partial charge in [0.15, 0.2) is 11.5 Å². The maximum atomic E-state index is 12.9. The average molecular weight is 398 g/mol. The van der Waals surface area contributed by atoms with Crippen LogP contribution in [0.4, 0.5) is 5.69 Å². The van der Waals surface area contributed by atoms with Crippen molar-refractivity contribution in [2.24, 2.45) is 5.41 Å². The molecule has 1 aromatic heterocycles. The number of furan rings is 1. The zero-order chi connectivity index (χ0) is 21.5. The summed E-state index contributed by atoms with van der Waals surface area (Å²) in [6.07, 6.45) is 1.02. The van der Waals surface area contributed by atoms with Gasteiger partial charge in [0.2, 0.25) is 0 Å². The molecule has 154 valence electrons. The molecule has 29 heavy (non-hydrogen) atoms. The van der Waals surface area contributed by atoms with Gasteiger partial charge in [-0.2, -0.15) is 0 Å². The van der Waals surface area contributed by atoms with Crippen molar-refractivity contribution >= 4 is 23.3 Å². The lowest BCUT2D eigenvalue weighted by Gasteiger charge is -2.27. The summed E-state index contributed by atoms with van der Waals surface area (Å²) in [6, 6.07) is 4.82. The Balaban J connectivity index is 1.95. The van der Waals surface area contributed by atoms with Gasteiger partial charge < -0.3 is 19.4 Å². The fourth-order valence-electron chi connectivity index (χ4n) is 3.68. The van der Waals surface area contributed by atoms with Crippen LogP contribution in [0.15, 0.2) is 22.6 Å². The van der Waals surface area contributed by atoms with Crippen molar-refractivity contribution in [2.75, 3.05) is 26.5 Å². The van der Waals surface area contributed by atoms with E-state index in [1.165, 1.54) is 12.0 Å². The van der Waals surface area contributed by atoms with Gasteiger partial charge in [0.05, 0.1) is 18.4 Å². The molecule has 0 aliphatic heterocycles. The first kappa shape index (κ1) is 20.6. The fourth-order valence-corrected chi connectivity index (χ4v) is 3.68. The van der Waals surface area contributed by atoms with Crippen LogP contribution in [-0.2, 0) is 6.42 Å². The minimum absolute atomic E-state index is 0.00675. The molecule has 1 aliphatic rings. The van der Waals surface area contributed by atoms with E-state index in [1.807, 2.05) is 13.8 Å². The zero-order valence-corrected chi connectivity index (χ0v) is 17.6. The summed E-state index contributed by atoms with van der Waals surface area (Å²) in [6.45, 7) is 5.73. The Morgan fingerprint density at radius 1 is 1.21 bits per heavy atom. The molecule has 0 saturated carbocycles. The quantitative estimate of drug-likeness (QED) is 0.848. The van der Waals surface area contributed by atoms with Gasteiger partial charge in [0.1, 0.15) is 11.5 Å². The van der Waals surface area contributed by atoms with Gasteiger partial charge in [-0.1, -0.05) is 13.8 Å². The molecular formula is C22H26N2O5. The number of benzene rings is 1. The molecule has 7 heteroatoms. The lowest BCUT2D eigenvalue weighted by atomic mass is 9.76. The standard InChI is InChI=1S/C22H26N2O5/c1-12-18-15(25)10-22(2,3)11-17(18)29-19(12)20(26)23-14-9-13(21(27)24(4)5)7-8-16(14)28-6/h7-9H,10-11H2,1-6H3,(H,23,26). The Morgan fingerprint density at radius 3 is 2.52 bits per heavy atom. The van der Waals surface area contributed by atoms with Gasteiger partial charge in [0.25, 0.3) is 11.8 Å². The Morgan fingerprint density at radius 2 is 1.90 bits per heavy atom. The minimum Gasteiger partial charge on any atom is -0.495 e. The summed E-state index contributed by atoms with van der Waals surface area (Å²) in [5.74, 6) is 0.383. The van der Waals surface area contributed by atoms with Crippen LogP contribution in [0.1, 0.15) is 62.9 Å². The monoisotopic (exact) mass is 398 g/mol. The summed E-state index contributed by atoms with van der Waals surface area (Å²) in [5.41, 5.74) is 1.62. The van der Waals surface area contributed by atoms with Gasteiger partial charge >= 0.3 is 0 Å². The fraction of sp³-hybridized carbons (Fsp3) is 0.409. The smallest absolute Gasteiger partial charge is 0.291 e. The van der Waals surface area contributed by atoms with Crippen LogP contribution >= 0.6 is 0 Å². The molecule has 2 aromatic rings. The molecule has 7 nitrogen and oxygen atoms in total. The highest BCUT2D eigenvalue weighted by molar-refractivity contribution is 6.08. The highest BCUT2D eigenvalue weighted by Crippen LogP contribution is 2.38. The first-order chi connectivity index (χ1) is 13.5. The minimum atomic E-state index is -0.491. The van der Waals surface area contributed by atoms with Crippen LogP contribution in [0.3, 0.4) is 0 Å². The van der Waals surface area contributed by atoms with Gasteiger partial charge in [-0.25, -0.2) is 0 Å². The molecule has 1 aromatic carbocycles. The van der Waals surface area contributed by atoms with Gasteiger partial charge in [-0.15, -0.1) is 0 Å². The summed E-state index contributed by atoms with van der Waals surface area (Å²) < 4.78 is 11.1. The van der Waals surface area contributed by atoms with E-state index in [9.17, 15) is 14.4 Å². The Labute approximate surface area is 170 Å². The molecule has 0 saturated heterocycles. The van der Waals surface area contributed by atoms with Crippen molar-refractivity contribution in [3.8, 4) is 5.75 Å². The van der Waals surface area contributed by atoms with E-state index < -0.39 is 5.91 Å². The van der Waals surface area contributed by atoms with Crippen LogP contribution < -0.4 is 10.1 Å². The number of carbonyl (C=O) groups is 3. The topological polar surface area (TPSA) is 88.8 Å². The molecule has 0 radical (unpaired) electrons. The molecular weight excluding hydrogens is 372 g/mol. The SMILES string of the molecule is COc1ccc(C(=O)N(C)C)cc1NC(=O)c1oc2c(c1C)C(=O)CC(C)(C)C2. The number of anilines is 1. The predicted molar refractivity (Wildman–Crippen MR) is 109 cm³/mol. The summed E-state index contributed by atoms with van der Waals surface area (Å²) in [5, 5.41) is 2.76. The Kier molecular flexibility index (Phi) is 5.26. The second-order valence-electron chi connectivity index (χ2n) is 8.36. The van der Waals surface area contributed by atoms with E-state index in [4.69, 9.17) is 9.15 Å². The van der Waals surface area contributed by atoms with E-state index >= 15 is 0 Å². The number of nitrogens with zero attached hydrogens (tertiary/aromatic N) is 1. The molecule has 0 fully saturated rings. The Hall–Kier alpha value is -3.09. The van der Waals surface area contributed by atoms with Gasteiger partial charge in [-0.3, -0.25) is 14.4 Å². The molecule has 0 atom stereocenters. The van der Waals surface area contributed by atoms with E-state index in [0.717, 1.165) is 0 Å². The Bertz CT molecular complexity index is 1000. The number of methoxy groups -OCH3 is 1. The molecule has 2 amide bonds. The highest BCUT2D eigenvalue weighted by Gasteiger charge is 2.37. The van der Waals surface area contributed by atoms with Crippen molar-refractivity contribution in [1.29, 1.82) is 0 Å². The van der Waals surface area contributed by atoms with Crippen LogP contribution in [0.5, 0.6) is 5.75 Å². The van der Waals surface area contributed by atoms with Crippen molar-refractivity contribution in [3.05, 3.63) is 46.4 Å². The second kappa shape index (κ2) is 7.39. The van der Waals surface area contributed by atoms with Crippen molar-refractivity contribution < 1.29 is 23.5 Å². The largest absolute Gasteiger partial charge is 0.495 e. The summed E-state index contributed by atoms with van der Waals surface area (Å²) >= 11 is 0. The first-order valence-electron chi connectivity index (χ1n) is 9.40. The number of nitrogens with one attached hydrogen (secondary N) is 1. The van der Waals surface area contributed by atoms with Crippen LogP contribution in [-0.4, -0.2) is 43.7 Å². The lowest BCUT2D eigenvalue weighted by Crippen LogP contribution is -2.26. The molecule has 0 bridgehead atoms. The van der Waals surface area contributed by atoms with E-state index in [0.29, 0.717) is 46.7 Å². The highest BCUT2D eigenvalue weighted by atomic mass is 16.5. The normalized spacial score (nSPS) is 14.9. The number of ether oxygens (including phenoxy) is 1. The predicted octanol–water partition coefficient (Wildman–Crippen LogP) is 3.71. The number of amides is 2. The van der Waals surface area contributed by atoms with Crippen LogP contribution in [0.2, 0.25) is 0 Å². The van der Waals surface area contributed by atoms with Crippen LogP contribution in [0, 0.1) is 12.3 Å². The third kappa shape index (κ3) is 3.90. The number of carbonyl (C=O) groups excluding carboxylic acids is 3. The number of rotatable bonds is 4. The number of ketones is 1. The average Bonchev–Trinajstić information content (AvgIpc) is 2.96. The lowest BCUT2D eigenvalue weighted by molar-refractivity contribution is 0.0826. The van der Waals surface area contributed by atoms with E-state index in [2.05, 4.69) is 5.32 Å². The van der Waals surface area contributed by atoms with E-state index in [-0.39, 0.29) is 22.9 Å². The van der Waals surface area contributed by atoms with Crippen LogP contribution in [0.25, 0.3) is 0 Å². The molecule has 1 aliphatic carbocycles. The zero-order valence-electron chi connectivity index (χ0n) is 17.6. The third-order valence-corrected chi connectivity index (χ3v) is 5.08. The van der Waals surface area contributed by atoms with Gasteiger partial charge in [-0.05, 0) is 30.5 Å². The second-order valence-corrected chi connectivity index (χ2v) is 8.36. The molecule has 0 unspecified atom stereocenters. The molecule has 1 N–H and O–H groups in total. The number of Topliss-reactive ketones (excluding diaryl/α,β-unsaturated/α-hetero) is 1. The van der Waals surface area contributed by atoms with Gasteiger partial charge in [0, 0.05) is 38.1 Å². The maximum Gasteiger partial charge on any atom is 0.291 e. The summed E-state index contributed by atoms with van der Waals surface area (Å²) in [4.78, 5) is 39.2. The first-order valence-corrected chi connectivity index (χ1v) is 9.40. The summed E-state index contributed by atoms with van der Waals surface area (Å²) in [7, 11) is 4.79. The number of hydrogen-bond acceptors (Lipinski definition) is 5. The number of fused-ring (bicyclic) bond motifs is 1. The number of hydrogen-bond donors (Lipinski definition) is 1. The van der Waals surface area contributed by atoms with Crippen molar-refractivity contribution in [2.45, 2.75) is 33.6 Å². The maximum absolute atomic E-state index is 12.9. The molecule has 0 spiro atoms. The third-order valence-electron chi connectivity index (χ3n) is 5.08. The van der Waals surface area contributed by atoms with Crippen molar-refractivity contribution in [3.63, 3.8) is 0 Å². The molecule has 1 heterocycles.